The van der Waals surface area contributed by atoms with E-state index in [0.717, 1.165) is 0 Å². The van der Waals surface area contributed by atoms with Crippen LogP contribution in [-0.4, -0.2) is 16.1 Å². The normalized spacial score (nSPS) is 12.1. The number of hydrogen-bond acceptors (Lipinski definition) is 3. The van der Waals surface area contributed by atoms with Crippen molar-refractivity contribution in [3.8, 4) is 0 Å². The van der Waals surface area contributed by atoms with Gasteiger partial charge in [0.15, 0.2) is 0 Å². The van der Waals surface area contributed by atoms with E-state index in [1.165, 1.54) is 18.3 Å². The summed E-state index contributed by atoms with van der Waals surface area (Å²) in [6, 6.07) is 2.63. The van der Waals surface area contributed by atoms with Gasteiger partial charge in [-0.2, -0.15) is 0 Å². The van der Waals surface area contributed by atoms with E-state index in [-0.39, 0.29) is 11.6 Å². The van der Waals surface area contributed by atoms with Gasteiger partial charge in [0.05, 0.1) is 17.3 Å². The van der Waals surface area contributed by atoms with Crippen LogP contribution < -0.4 is 5.73 Å². The first kappa shape index (κ1) is 10.4. The summed E-state index contributed by atoms with van der Waals surface area (Å²) in [5, 5.41) is 8.73. The summed E-state index contributed by atoms with van der Waals surface area (Å²) in [7, 11) is 0. The highest BCUT2D eigenvalue weighted by Gasteiger charge is 2.09. The van der Waals surface area contributed by atoms with Gasteiger partial charge in [-0.1, -0.05) is 6.08 Å². The van der Waals surface area contributed by atoms with E-state index in [9.17, 15) is 4.79 Å². The number of aromatic nitrogens is 1. The van der Waals surface area contributed by atoms with Crippen molar-refractivity contribution in [1.82, 2.24) is 4.98 Å². The maximum atomic E-state index is 10.6. The molecule has 3 N–H and O–H groups in total. The highest BCUT2D eigenvalue weighted by atomic mass is 16.4. The summed E-state index contributed by atoms with van der Waals surface area (Å²) in [6.07, 6.45) is 3.71. The van der Waals surface area contributed by atoms with Crippen molar-refractivity contribution in [2.24, 2.45) is 5.73 Å². The zero-order valence-electron chi connectivity index (χ0n) is 7.68. The van der Waals surface area contributed by atoms with Crippen LogP contribution in [-0.2, 0) is 0 Å². The van der Waals surface area contributed by atoms with Crippen LogP contribution >= 0.6 is 0 Å². The van der Waals surface area contributed by atoms with Gasteiger partial charge >= 0.3 is 5.97 Å². The summed E-state index contributed by atoms with van der Waals surface area (Å²) in [5.74, 6) is -0.973. The average molecular weight is 192 g/mol. The predicted molar refractivity (Wildman–Crippen MR) is 52.9 cm³/mol. The molecular formula is C10H12N2O2. The van der Waals surface area contributed by atoms with Crippen molar-refractivity contribution in [2.75, 3.05) is 0 Å². The first-order valence-electron chi connectivity index (χ1n) is 4.21. The van der Waals surface area contributed by atoms with E-state index in [1.54, 1.807) is 6.08 Å². The zero-order valence-corrected chi connectivity index (χ0v) is 7.68. The summed E-state index contributed by atoms with van der Waals surface area (Å²) >= 11 is 0. The van der Waals surface area contributed by atoms with Crippen LogP contribution in [0.4, 0.5) is 0 Å². The Hall–Kier alpha value is -1.68. The van der Waals surface area contributed by atoms with E-state index < -0.39 is 5.97 Å². The highest BCUT2D eigenvalue weighted by Crippen LogP contribution is 2.12. The molecule has 0 aromatic carbocycles. The van der Waals surface area contributed by atoms with Crippen molar-refractivity contribution in [2.45, 2.75) is 12.5 Å². The Morgan fingerprint density at radius 2 is 2.50 bits per heavy atom. The van der Waals surface area contributed by atoms with Gasteiger partial charge < -0.3 is 10.8 Å². The molecule has 0 aliphatic carbocycles. The molecule has 1 rings (SSSR count). The lowest BCUT2D eigenvalue weighted by Crippen LogP contribution is -2.12. The Morgan fingerprint density at radius 3 is 3.07 bits per heavy atom. The third kappa shape index (κ3) is 2.40. The molecule has 0 spiro atoms. The molecule has 0 amide bonds. The van der Waals surface area contributed by atoms with Crippen molar-refractivity contribution in [3.05, 3.63) is 42.2 Å². The molecule has 0 aliphatic rings. The number of carboxylic acids is 1. The maximum absolute atomic E-state index is 10.6. The molecule has 0 aliphatic heterocycles. The summed E-state index contributed by atoms with van der Waals surface area (Å²) < 4.78 is 0. The number of aromatic carboxylic acids is 1. The summed E-state index contributed by atoms with van der Waals surface area (Å²) in [5.41, 5.74) is 6.53. The molecule has 74 valence electrons. The van der Waals surface area contributed by atoms with Gasteiger partial charge in [-0.3, -0.25) is 4.98 Å². The van der Waals surface area contributed by atoms with Gasteiger partial charge in [-0.25, -0.2) is 4.79 Å². The Labute approximate surface area is 82.1 Å². The van der Waals surface area contributed by atoms with Gasteiger partial charge in [0.2, 0.25) is 0 Å². The van der Waals surface area contributed by atoms with E-state index in [1.807, 2.05) is 0 Å². The van der Waals surface area contributed by atoms with E-state index in [0.29, 0.717) is 12.1 Å². The third-order valence-electron chi connectivity index (χ3n) is 1.83. The Kier molecular flexibility index (Phi) is 3.36. The standard InChI is InChI=1S/C10H12N2O2/c1-2-3-8(11)9-6-7(10(13)14)4-5-12-9/h2,4-6,8H,1,3,11H2,(H,13,14)/t8-/m1/s1. The SMILES string of the molecule is C=CC[C@@H](N)c1cc(C(=O)O)ccn1. The highest BCUT2D eigenvalue weighted by molar-refractivity contribution is 5.87. The van der Waals surface area contributed by atoms with E-state index in [4.69, 9.17) is 10.8 Å². The molecule has 0 fully saturated rings. The molecule has 4 nitrogen and oxygen atoms in total. The van der Waals surface area contributed by atoms with Crippen LogP contribution in [0.5, 0.6) is 0 Å². The van der Waals surface area contributed by atoms with Crippen LogP contribution in [0.1, 0.15) is 28.5 Å². The fourth-order valence-corrected chi connectivity index (χ4v) is 1.08. The van der Waals surface area contributed by atoms with Crippen LogP contribution in [0.2, 0.25) is 0 Å². The molecule has 0 saturated heterocycles. The lowest BCUT2D eigenvalue weighted by Gasteiger charge is -2.08. The summed E-state index contributed by atoms with van der Waals surface area (Å²) in [6.45, 7) is 3.56. The largest absolute Gasteiger partial charge is 0.478 e. The lowest BCUT2D eigenvalue weighted by atomic mass is 10.1. The first-order valence-corrected chi connectivity index (χ1v) is 4.21. The minimum atomic E-state index is -0.973. The molecule has 0 saturated carbocycles. The van der Waals surface area contributed by atoms with E-state index in [2.05, 4.69) is 11.6 Å². The second kappa shape index (κ2) is 4.53. The molecular weight excluding hydrogens is 180 g/mol. The molecule has 1 heterocycles. The molecule has 1 aromatic rings. The van der Waals surface area contributed by atoms with Gasteiger partial charge in [0, 0.05) is 6.20 Å². The van der Waals surface area contributed by atoms with Crippen molar-refractivity contribution >= 4 is 5.97 Å². The number of rotatable bonds is 4. The van der Waals surface area contributed by atoms with Gasteiger partial charge in [0.25, 0.3) is 0 Å². The number of hydrogen-bond donors (Lipinski definition) is 2. The molecule has 4 heteroatoms. The van der Waals surface area contributed by atoms with Crippen molar-refractivity contribution in [3.63, 3.8) is 0 Å². The molecule has 0 radical (unpaired) electrons. The topological polar surface area (TPSA) is 76.2 Å². The second-order valence-corrected chi connectivity index (χ2v) is 2.91. The monoisotopic (exact) mass is 192 g/mol. The average Bonchev–Trinajstić information content (AvgIpc) is 2.18. The number of carbonyl (C=O) groups is 1. The summed E-state index contributed by atoms with van der Waals surface area (Å²) in [4.78, 5) is 14.6. The predicted octanol–water partition coefficient (Wildman–Crippen LogP) is 1.36. The van der Waals surface area contributed by atoms with Crippen LogP contribution in [0.15, 0.2) is 31.0 Å². The lowest BCUT2D eigenvalue weighted by molar-refractivity contribution is 0.0696. The zero-order chi connectivity index (χ0) is 10.6. The Bertz CT molecular complexity index is 350. The molecule has 0 unspecified atom stereocenters. The van der Waals surface area contributed by atoms with Crippen molar-refractivity contribution < 1.29 is 9.90 Å². The molecule has 1 aromatic heterocycles. The van der Waals surface area contributed by atoms with Gasteiger partial charge in [0.1, 0.15) is 0 Å². The first-order chi connectivity index (χ1) is 6.65. The third-order valence-corrected chi connectivity index (χ3v) is 1.83. The van der Waals surface area contributed by atoms with E-state index >= 15 is 0 Å². The van der Waals surface area contributed by atoms with Crippen LogP contribution in [0.3, 0.4) is 0 Å². The van der Waals surface area contributed by atoms with Gasteiger partial charge in [-0.05, 0) is 18.6 Å². The molecule has 1 atom stereocenters. The van der Waals surface area contributed by atoms with Crippen LogP contribution in [0, 0.1) is 0 Å². The quantitative estimate of drug-likeness (QED) is 0.706. The van der Waals surface area contributed by atoms with Crippen molar-refractivity contribution in [1.29, 1.82) is 0 Å². The fraction of sp³-hybridized carbons (Fsp3) is 0.200. The molecule has 14 heavy (non-hydrogen) atoms. The number of carboxylic acid groups (broad SMARTS) is 1. The van der Waals surface area contributed by atoms with Gasteiger partial charge in [-0.15, -0.1) is 6.58 Å². The smallest absolute Gasteiger partial charge is 0.335 e. The Morgan fingerprint density at radius 1 is 1.79 bits per heavy atom. The minimum Gasteiger partial charge on any atom is -0.478 e. The van der Waals surface area contributed by atoms with Crippen LogP contribution in [0.25, 0.3) is 0 Å². The number of pyridine rings is 1. The second-order valence-electron chi connectivity index (χ2n) is 2.91. The number of nitrogens with two attached hydrogens (primary N) is 1. The number of nitrogens with zero attached hydrogens (tertiary/aromatic N) is 1. The Balaban J connectivity index is 2.93. The molecule has 0 bridgehead atoms. The maximum Gasteiger partial charge on any atom is 0.335 e. The fourth-order valence-electron chi connectivity index (χ4n) is 1.08. The minimum absolute atomic E-state index is 0.203.